The second-order valence-corrected chi connectivity index (χ2v) is 4.72. The highest BCUT2D eigenvalue weighted by atomic mass is 19.1. The average molecular weight is 246 g/mol. The molecule has 0 saturated carbocycles. The van der Waals surface area contributed by atoms with Gasteiger partial charge in [0.2, 0.25) is 5.91 Å². The second-order valence-electron chi connectivity index (χ2n) is 4.72. The van der Waals surface area contributed by atoms with Gasteiger partial charge in [0.1, 0.15) is 5.82 Å². The molecule has 1 fully saturated rings. The Morgan fingerprint density at radius 1 is 1.56 bits per heavy atom. The first-order valence-electron chi connectivity index (χ1n) is 6.02. The van der Waals surface area contributed by atoms with Gasteiger partial charge in [-0.2, -0.15) is 5.26 Å². The summed E-state index contributed by atoms with van der Waals surface area (Å²) >= 11 is 0. The maximum absolute atomic E-state index is 13.1. The van der Waals surface area contributed by atoms with E-state index in [-0.39, 0.29) is 17.6 Å². The number of amides is 1. The summed E-state index contributed by atoms with van der Waals surface area (Å²) in [5.74, 6) is -0.369. The van der Waals surface area contributed by atoms with Gasteiger partial charge in [-0.05, 0) is 30.5 Å². The van der Waals surface area contributed by atoms with Crippen LogP contribution in [0.5, 0.6) is 0 Å². The number of aryl methyl sites for hydroxylation is 1. The Morgan fingerprint density at radius 2 is 2.33 bits per heavy atom. The second kappa shape index (κ2) is 5.18. The lowest BCUT2D eigenvalue weighted by molar-refractivity contribution is -0.134. The third kappa shape index (κ3) is 2.67. The molecule has 4 heteroatoms. The molecule has 0 spiro atoms. The number of halogens is 1. The third-order valence-corrected chi connectivity index (χ3v) is 3.30. The van der Waals surface area contributed by atoms with E-state index >= 15 is 0 Å². The number of likely N-dealkylation sites (tertiary alicyclic amines) is 1. The van der Waals surface area contributed by atoms with Gasteiger partial charge in [-0.25, -0.2) is 4.39 Å². The van der Waals surface area contributed by atoms with Crippen molar-refractivity contribution >= 4 is 5.91 Å². The number of nitriles is 1. The third-order valence-electron chi connectivity index (χ3n) is 3.30. The van der Waals surface area contributed by atoms with E-state index in [1.165, 1.54) is 6.07 Å². The monoisotopic (exact) mass is 246 g/mol. The van der Waals surface area contributed by atoms with E-state index in [9.17, 15) is 9.18 Å². The standard InChI is InChI=1S/C14H15FN2O/c1-10-6-12(2-3-13(10)15)9-17-5-4-11(8-16)7-14(17)18/h2-3,6,11H,4-5,7,9H2,1H3. The van der Waals surface area contributed by atoms with E-state index in [0.717, 1.165) is 12.0 Å². The van der Waals surface area contributed by atoms with Crippen molar-refractivity contribution in [2.24, 2.45) is 5.92 Å². The highest BCUT2D eigenvalue weighted by molar-refractivity contribution is 5.77. The number of rotatable bonds is 2. The summed E-state index contributed by atoms with van der Waals surface area (Å²) in [6, 6.07) is 7.03. The van der Waals surface area contributed by atoms with Crippen molar-refractivity contribution in [3.63, 3.8) is 0 Å². The molecular formula is C14H15FN2O. The van der Waals surface area contributed by atoms with Crippen molar-refractivity contribution in [2.45, 2.75) is 26.3 Å². The molecule has 1 aromatic rings. The largest absolute Gasteiger partial charge is 0.338 e. The molecule has 1 atom stereocenters. The van der Waals surface area contributed by atoms with Gasteiger partial charge in [0.25, 0.3) is 0 Å². The molecule has 18 heavy (non-hydrogen) atoms. The van der Waals surface area contributed by atoms with Crippen LogP contribution in [0.25, 0.3) is 0 Å². The van der Waals surface area contributed by atoms with Crippen molar-refractivity contribution in [3.8, 4) is 6.07 Å². The van der Waals surface area contributed by atoms with Crippen molar-refractivity contribution in [1.82, 2.24) is 4.90 Å². The fourth-order valence-electron chi connectivity index (χ4n) is 2.18. The molecule has 94 valence electrons. The molecule has 0 aliphatic carbocycles. The van der Waals surface area contributed by atoms with Crippen LogP contribution in [0.15, 0.2) is 18.2 Å². The molecule has 1 aliphatic heterocycles. The van der Waals surface area contributed by atoms with Gasteiger partial charge in [-0.1, -0.05) is 12.1 Å². The van der Waals surface area contributed by atoms with Crippen molar-refractivity contribution in [1.29, 1.82) is 5.26 Å². The predicted molar refractivity (Wildman–Crippen MR) is 64.9 cm³/mol. The summed E-state index contributed by atoms with van der Waals surface area (Å²) < 4.78 is 13.1. The Bertz CT molecular complexity index is 507. The van der Waals surface area contributed by atoms with Crippen LogP contribution in [-0.2, 0) is 11.3 Å². The summed E-state index contributed by atoms with van der Waals surface area (Å²) in [4.78, 5) is 13.6. The summed E-state index contributed by atoms with van der Waals surface area (Å²) in [7, 11) is 0. The highest BCUT2D eigenvalue weighted by Crippen LogP contribution is 2.20. The van der Waals surface area contributed by atoms with Crippen LogP contribution in [-0.4, -0.2) is 17.4 Å². The number of piperidine rings is 1. The number of hydrogen-bond donors (Lipinski definition) is 0. The Kier molecular flexibility index (Phi) is 3.61. The van der Waals surface area contributed by atoms with Crippen molar-refractivity contribution in [2.75, 3.05) is 6.54 Å². The minimum Gasteiger partial charge on any atom is -0.338 e. The molecular weight excluding hydrogens is 231 g/mol. The van der Waals surface area contributed by atoms with E-state index in [2.05, 4.69) is 6.07 Å². The zero-order valence-electron chi connectivity index (χ0n) is 10.3. The van der Waals surface area contributed by atoms with E-state index < -0.39 is 0 Å². The van der Waals surface area contributed by atoms with Crippen LogP contribution in [0, 0.1) is 30.0 Å². The topological polar surface area (TPSA) is 44.1 Å². The molecule has 3 nitrogen and oxygen atoms in total. The van der Waals surface area contributed by atoms with Crippen LogP contribution in [0.1, 0.15) is 24.0 Å². The van der Waals surface area contributed by atoms with Gasteiger partial charge in [0, 0.05) is 19.5 Å². The number of carbonyl (C=O) groups is 1. The van der Waals surface area contributed by atoms with Crippen LogP contribution in [0.4, 0.5) is 4.39 Å². The molecule has 1 amide bonds. The number of benzene rings is 1. The average Bonchev–Trinajstić information content (AvgIpc) is 2.36. The Labute approximate surface area is 106 Å². The minimum atomic E-state index is -0.228. The summed E-state index contributed by atoms with van der Waals surface area (Å²) in [5.41, 5.74) is 1.52. The smallest absolute Gasteiger partial charge is 0.224 e. The summed E-state index contributed by atoms with van der Waals surface area (Å²) in [5, 5.41) is 8.79. The first-order valence-corrected chi connectivity index (χ1v) is 6.02. The molecule has 0 N–H and O–H groups in total. The molecule has 1 unspecified atom stereocenters. The highest BCUT2D eigenvalue weighted by Gasteiger charge is 2.25. The number of hydrogen-bond acceptors (Lipinski definition) is 2. The van der Waals surface area contributed by atoms with Gasteiger partial charge < -0.3 is 4.90 Å². The Hall–Kier alpha value is -1.89. The van der Waals surface area contributed by atoms with Crippen LogP contribution in [0.3, 0.4) is 0 Å². The van der Waals surface area contributed by atoms with Gasteiger partial charge in [0.05, 0.1) is 12.0 Å². The van der Waals surface area contributed by atoms with Gasteiger partial charge >= 0.3 is 0 Å². The van der Waals surface area contributed by atoms with Gasteiger partial charge in [-0.15, -0.1) is 0 Å². The first-order chi connectivity index (χ1) is 8.60. The normalized spacial score (nSPS) is 19.7. The fourth-order valence-corrected chi connectivity index (χ4v) is 2.18. The fraction of sp³-hybridized carbons (Fsp3) is 0.429. The molecule has 1 aromatic carbocycles. The molecule has 1 aliphatic rings. The molecule has 0 aromatic heterocycles. The van der Waals surface area contributed by atoms with Crippen molar-refractivity contribution in [3.05, 3.63) is 35.1 Å². The Morgan fingerprint density at radius 3 is 2.94 bits per heavy atom. The maximum Gasteiger partial charge on any atom is 0.224 e. The molecule has 1 heterocycles. The lowest BCUT2D eigenvalue weighted by atomic mass is 9.97. The SMILES string of the molecule is Cc1cc(CN2CCC(C#N)CC2=O)ccc1F. The summed E-state index contributed by atoms with van der Waals surface area (Å²) in [6.07, 6.45) is 1.03. The summed E-state index contributed by atoms with van der Waals surface area (Å²) in [6.45, 7) is 2.81. The predicted octanol–water partition coefficient (Wildman–Crippen LogP) is 2.40. The lowest BCUT2D eigenvalue weighted by Crippen LogP contribution is -2.37. The van der Waals surface area contributed by atoms with Crippen molar-refractivity contribution < 1.29 is 9.18 Å². The molecule has 0 bridgehead atoms. The Balaban J connectivity index is 2.04. The minimum absolute atomic E-state index is 0.00905. The zero-order valence-corrected chi connectivity index (χ0v) is 10.3. The lowest BCUT2D eigenvalue weighted by Gasteiger charge is -2.29. The van der Waals surface area contributed by atoms with Crippen LogP contribution < -0.4 is 0 Å². The van der Waals surface area contributed by atoms with Gasteiger partial charge in [-0.3, -0.25) is 4.79 Å². The molecule has 2 rings (SSSR count). The van der Waals surface area contributed by atoms with E-state index in [1.54, 1.807) is 24.0 Å². The molecule has 1 saturated heterocycles. The maximum atomic E-state index is 13.1. The number of carbonyl (C=O) groups excluding carboxylic acids is 1. The van der Waals surface area contributed by atoms with E-state index in [4.69, 9.17) is 5.26 Å². The van der Waals surface area contributed by atoms with E-state index in [1.807, 2.05) is 0 Å². The quantitative estimate of drug-likeness (QED) is 0.804. The van der Waals surface area contributed by atoms with Gasteiger partial charge in [0.15, 0.2) is 0 Å². The zero-order chi connectivity index (χ0) is 13.1. The first kappa shape index (κ1) is 12.6. The molecule has 0 radical (unpaired) electrons. The van der Waals surface area contributed by atoms with Crippen LogP contribution in [0.2, 0.25) is 0 Å². The van der Waals surface area contributed by atoms with Crippen LogP contribution >= 0.6 is 0 Å². The number of nitrogens with zero attached hydrogens (tertiary/aromatic N) is 2. The van der Waals surface area contributed by atoms with E-state index in [0.29, 0.717) is 25.1 Å².